The van der Waals surface area contributed by atoms with Gasteiger partial charge in [0.1, 0.15) is 0 Å². The summed E-state index contributed by atoms with van der Waals surface area (Å²) in [5, 5.41) is 6.29. The highest BCUT2D eigenvalue weighted by atomic mass is 32.1. The van der Waals surface area contributed by atoms with Crippen molar-refractivity contribution in [2.75, 3.05) is 32.8 Å². The maximum atomic E-state index is 4.64. The molecule has 0 atom stereocenters. The Bertz CT molecular complexity index is 101. The highest BCUT2D eigenvalue weighted by Gasteiger charge is 2.06. The molecule has 0 unspecified atom stereocenters. The van der Waals surface area contributed by atoms with Crippen LogP contribution in [0.5, 0.6) is 0 Å². The first kappa shape index (κ1) is 7.91. The fraction of sp³-hybridized carbons (Fsp3) is 0.833. The first-order valence-corrected chi connectivity index (χ1v) is 4.01. The van der Waals surface area contributed by atoms with Crippen LogP contribution in [0.15, 0.2) is 0 Å². The van der Waals surface area contributed by atoms with E-state index in [1.807, 2.05) is 0 Å². The summed E-state index contributed by atoms with van der Waals surface area (Å²) < 4.78 is 0. The van der Waals surface area contributed by atoms with Crippen molar-refractivity contribution < 1.29 is 0 Å². The highest BCUT2D eigenvalue weighted by molar-refractivity contribution is 7.78. The molecule has 0 saturated carbocycles. The predicted octanol–water partition coefficient (Wildman–Crippen LogP) is -0.604. The van der Waals surface area contributed by atoms with Crippen LogP contribution in [0.3, 0.4) is 0 Å². The molecule has 0 aromatic heterocycles. The molecule has 1 saturated heterocycles. The largest absolute Gasteiger partial charge is 0.369 e. The van der Waals surface area contributed by atoms with Gasteiger partial charge in [-0.3, -0.25) is 4.90 Å². The normalized spacial score (nSPS) is 20.4. The first-order chi connectivity index (χ1) is 4.93. The van der Waals surface area contributed by atoms with E-state index in [0.29, 0.717) is 0 Å². The molecule has 1 heterocycles. The number of piperazine rings is 1. The lowest BCUT2D eigenvalue weighted by atomic mass is 10.4. The van der Waals surface area contributed by atoms with E-state index in [9.17, 15) is 0 Å². The molecule has 58 valence electrons. The number of thiocarbonyl (C=S) groups is 1. The minimum Gasteiger partial charge on any atom is -0.369 e. The van der Waals surface area contributed by atoms with Crippen LogP contribution in [0.25, 0.3) is 0 Å². The van der Waals surface area contributed by atoms with E-state index in [2.05, 4.69) is 27.8 Å². The summed E-state index contributed by atoms with van der Waals surface area (Å²) in [7, 11) is 0. The number of nitrogens with zero attached hydrogens (tertiary/aromatic N) is 1. The van der Waals surface area contributed by atoms with Gasteiger partial charge in [-0.15, -0.1) is 0 Å². The molecule has 0 amide bonds. The maximum Gasteiger partial charge on any atom is 0.0681 e. The van der Waals surface area contributed by atoms with Crippen molar-refractivity contribution >= 4 is 17.7 Å². The van der Waals surface area contributed by atoms with Gasteiger partial charge in [-0.2, -0.15) is 0 Å². The van der Waals surface area contributed by atoms with E-state index in [4.69, 9.17) is 0 Å². The van der Waals surface area contributed by atoms with Gasteiger partial charge in [0.05, 0.1) is 12.2 Å². The van der Waals surface area contributed by atoms with Crippen molar-refractivity contribution in [3.8, 4) is 0 Å². The van der Waals surface area contributed by atoms with Gasteiger partial charge in [-0.05, 0) is 0 Å². The van der Waals surface area contributed by atoms with Crippen LogP contribution in [0.4, 0.5) is 0 Å². The summed E-state index contributed by atoms with van der Waals surface area (Å²) >= 11 is 4.64. The molecule has 1 aliphatic heterocycles. The molecule has 2 N–H and O–H groups in total. The Labute approximate surface area is 66.8 Å². The van der Waals surface area contributed by atoms with Gasteiger partial charge in [0.25, 0.3) is 0 Å². The third-order valence-corrected chi connectivity index (χ3v) is 1.77. The van der Waals surface area contributed by atoms with Crippen molar-refractivity contribution in [3.05, 3.63) is 0 Å². The zero-order chi connectivity index (χ0) is 7.23. The van der Waals surface area contributed by atoms with E-state index in [0.717, 1.165) is 32.8 Å². The number of hydrogen-bond donors (Lipinski definition) is 2. The maximum absolute atomic E-state index is 4.64. The third kappa shape index (κ3) is 2.60. The van der Waals surface area contributed by atoms with Crippen LogP contribution in [0, 0.1) is 0 Å². The second kappa shape index (κ2) is 4.60. The lowest BCUT2D eigenvalue weighted by Crippen LogP contribution is -2.46. The molecule has 0 spiro atoms. The van der Waals surface area contributed by atoms with Crippen LogP contribution < -0.4 is 10.6 Å². The Kier molecular flexibility index (Phi) is 3.64. The summed E-state index contributed by atoms with van der Waals surface area (Å²) in [5.74, 6) is 0. The van der Waals surface area contributed by atoms with E-state index >= 15 is 0 Å². The van der Waals surface area contributed by atoms with Gasteiger partial charge in [-0.25, -0.2) is 0 Å². The van der Waals surface area contributed by atoms with Crippen LogP contribution in [-0.2, 0) is 0 Å². The molecule has 4 heteroatoms. The lowest BCUT2D eigenvalue weighted by molar-refractivity contribution is 0.238. The van der Waals surface area contributed by atoms with E-state index in [1.54, 1.807) is 5.49 Å². The Balaban J connectivity index is 2.07. The van der Waals surface area contributed by atoms with Crippen LogP contribution in [0.1, 0.15) is 0 Å². The van der Waals surface area contributed by atoms with Gasteiger partial charge in [0, 0.05) is 26.2 Å². The fourth-order valence-corrected chi connectivity index (χ4v) is 1.11. The first-order valence-electron chi connectivity index (χ1n) is 3.53. The lowest BCUT2D eigenvalue weighted by Gasteiger charge is -2.26. The second-order valence-electron chi connectivity index (χ2n) is 2.35. The topological polar surface area (TPSA) is 27.3 Å². The van der Waals surface area contributed by atoms with Crippen molar-refractivity contribution in [1.29, 1.82) is 0 Å². The summed E-state index contributed by atoms with van der Waals surface area (Å²) in [5.41, 5.74) is 1.57. The van der Waals surface area contributed by atoms with E-state index < -0.39 is 0 Å². The quantitative estimate of drug-likeness (QED) is 0.538. The SMILES string of the molecule is S=CNCN1CCNCC1. The number of nitrogens with one attached hydrogen (secondary N) is 2. The zero-order valence-corrected chi connectivity index (χ0v) is 6.78. The van der Waals surface area contributed by atoms with Crippen LogP contribution in [0.2, 0.25) is 0 Å². The minimum atomic E-state index is 0.894. The molecule has 0 bridgehead atoms. The predicted molar refractivity (Wildman–Crippen MR) is 46.1 cm³/mol. The Hall–Kier alpha value is -0.190. The zero-order valence-electron chi connectivity index (χ0n) is 5.97. The van der Waals surface area contributed by atoms with Crippen LogP contribution in [-0.4, -0.2) is 43.2 Å². The standard InChI is InChI=1S/C6H13N3S/c10-6-8-5-9-3-1-7-2-4-9/h6-7H,1-5H2,(H,8,10). The molecule has 0 radical (unpaired) electrons. The monoisotopic (exact) mass is 159 g/mol. The molecule has 10 heavy (non-hydrogen) atoms. The van der Waals surface area contributed by atoms with Crippen molar-refractivity contribution in [2.45, 2.75) is 0 Å². The number of rotatable bonds is 3. The second-order valence-corrected chi connectivity index (χ2v) is 2.58. The minimum absolute atomic E-state index is 0.894. The van der Waals surface area contributed by atoms with Crippen molar-refractivity contribution in [2.24, 2.45) is 0 Å². The fourth-order valence-electron chi connectivity index (χ4n) is 1.04. The van der Waals surface area contributed by atoms with Gasteiger partial charge < -0.3 is 10.6 Å². The Morgan fingerprint density at radius 2 is 2.20 bits per heavy atom. The van der Waals surface area contributed by atoms with Crippen LogP contribution >= 0.6 is 12.2 Å². The molecule has 1 fully saturated rings. The van der Waals surface area contributed by atoms with E-state index in [-0.39, 0.29) is 0 Å². The third-order valence-electron chi connectivity index (χ3n) is 1.61. The van der Waals surface area contributed by atoms with Gasteiger partial charge >= 0.3 is 0 Å². The van der Waals surface area contributed by atoms with Gasteiger partial charge in [0.15, 0.2) is 0 Å². The Morgan fingerprint density at radius 1 is 1.50 bits per heavy atom. The molecular weight excluding hydrogens is 146 g/mol. The number of hydrogen-bond acceptors (Lipinski definition) is 3. The average molecular weight is 159 g/mol. The highest BCUT2D eigenvalue weighted by Crippen LogP contribution is 1.87. The molecule has 1 rings (SSSR count). The van der Waals surface area contributed by atoms with Gasteiger partial charge in [-0.1, -0.05) is 12.2 Å². The van der Waals surface area contributed by atoms with E-state index in [1.165, 1.54) is 0 Å². The molecule has 0 aromatic carbocycles. The molecule has 0 aliphatic carbocycles. The molecular formula is C6H13N3S. The summed E-state index contributed by atoms with van der Waals surface area (Å²) in [6, 6.07) is 0. The summed E-state index contributed by atoms with van der Waals surface area (Å²) in [6.07, 6.45) is 0. The van der Waals surface area contributed by atoms with Crippen molar-refractivity contribution in [1.82, 2.24) is 15.5 Å². The summed E-state index contributed by atoms with van der Waals surface area (Å²) in [6.45, 7) is 5.33. The van der Waals surface area contributed by atoms with Gasteiger partial charge in [0.2, 0.25) is 0 Å². The Morgan fingerprint density at radius 3 is 2.80 bits per heavy atom. The summed E-state index contributed by atoms with van der Waals surface area (Å²) in [4.78, 5) is 2.33. The molecule has 3 nitrogen and oxygen atoms in total. The average Bonchev–Trinajstić information content (AvgIpc) is 2.03. The molecule has 0 aromatic rings. The van der Waals surface area contributed by atoms with Crippen molar-refractivity contribution in [3.63, 3.8) is 0 Å². The molecule has 1 aliphatic rings. The smallest absolute Gasteiger partial charge is 0.0681 e.